The first kappa shape index (κ1) is 8.55. The summed E-state index contributed by atoms with van der Waals surface area (Å²) in [6.07, 6.45) is 1.31. The van der Waals surface area contributed by atoms with Crippen molar-refractivity contribution in [2.45, 2.75) is 0 Å². The van der Waals surface area contributed by atoms with Crippen LogP contribution in [0, 0.1) is 0 Å². The summed E-state index contributed by atoms with van der Waals surface area (Å²) in [5, 5.41) is 11.3. The highest BCUT2D eigenvalue weighted by atomic mass is 16.4. The molecule has 1 heterocycles. The smallest absolute Gasteiger partial charge is 0.326 e. The van der Waals surface area contributed by atoms with E-state index in [1.165, 1.54) is 10.8 Å². The van der Waals surface area contributed by atoms with Gasteiger partial charge in [0.05, 0.1) is 17.2 Å². The van der Waals surface area contributed by atoms with Crippen LogP contribution in [-0.2, 0) is 7.05 Å². The second-order valence-corrected chi connectivity index (χ2v) is 3.01. The number of imidazole rings is 1. The molecule has 14 heavy (non-hydrogen) atoms. The van der Waals surface area contributed by atoms with Gasteiger partial charge in [0.25, 0.3) is 0 Å². The normalized spacial score (nSPS) is 11.5. The van der Waals surface area contributed by atoms with Crippen LogP contribution in [0.4, 0.5) is 0 Å². The van der Waals surface area contributed by atoms with E-state index in [1.54, 1.807) is 25.2 Å². The Morgan fingerprint density at radius 1 is 1.57 bits per heavy atom. The average molecular weight is 191 g/mol. The number of fused-ring (bicyclic) bond motifs is 1. The summed E-state index contributed by atoms with van der Waals surface area (Å²) in [6, 6.07) is 5.32. The Labute approximate surface area is 79.3 Å². The molecule has 0 aliphatic carbocycles. The minimum absolute atomic E-state index is 0.155. The number of aromatic amines is 1. The van der Waals surface area contributed by atoms with Gasteiger partial charge in [0.15, 0.2) is 0 Å². The maximum absolute atomic E-state index is 11.2. The molecule has 0 saturated carbocycles. The number of aromatic nitrogens is 2. The van der Waals surface area contributed by atoms with E-state index in [-0.39, 0.29) is 5.69 Å². The second kappa shape index (κ2) is 3.02. The van der Waals surface area contributed by atoms with E-state index in [0.29, 0.717) is 0 Å². The molecule has 0 unspecified atom stereocenters. The number of rotatable bonds is 1. The number of aryl methyl sites for hydroxylation is 1. The second-order valence-electron chi connectivity index (χ2n) is 3.01. The molecule has 2 aromatic rings. The van der Waals surface area contributed by atoms with Gasteiger partial charge in [0.2, 0.25) is 0 Å². The van der Waals surface area contributed by atoms with Gasteiger partial charge < -0.3 is 10.2 Å². The van der Waals surface area contributed by atoms with Crippen molar-refractivity contribution >= 4 is 17.2 Å². The Kier molecular flexibility index (Phi) is 1.85. The molecule has 1 aromatic carbocycles. The Hall–Kier alpha value is -2.04. The van der Waals surface area contributed by atoms with Crippen molar-refractivity contribution in [3.8, 4) is 0 Å². The number of hydrogen-bond donors (Lipinski definition) is 2. The fourth-order valence-corrected chi connectivity index (χ4v) is 1.40. The van der Waals surface area contributed by atoms with Crippen molar-refractivity contribution in [1.29, 1.82) is 0 Å². The highest BCUT2D eigenvalue weighted by Crippen LogP contribution is 2.10. The summed E-state index contributed by atoms with van der Waals surface area (Å²) < 4.78 is 1.52. The minimum atomic E-state index is -0.155. The topological polar surface area (TPSA) is 70.4 Å². The van der Waals surface area contributed by atoms with Gasteiger partial charge in [-0.3, -0.25) is 4.57 Å². The number of hydrogen-bond acceptors (Lipinski definition) is 3. The van der Waals surface area contributed by atoms with Gasteiger partial charge in [0.1, 0.15) is 0 Å². The van der Waals surface area contributed by atoms with Crippen molar-refractivity contribution in [2.75, 3.05) is 0 Å². The molecule has 0 fully saturated rings. The number of nitrogens with one attached hydrogen (secondary N) is 1. The Bertz CT molecular complexity index is 551. The molecule has 0 atom stereocenters. The predicted molar refractivity (Wildman–Crippen MR) is 52.9 cm³/mol. The summed E-state index contributed by atoms with van der Waals surface area (Å²) in [5.41, 5.74) is 2.14. The maximum atomic E-state index is 11.2. The molecule has 0 aliphatic heterocycles. The third kappa shape index (κ3) is 1.19. The molecule has 0 amide bonds. The first-order valence-corrected chi connectivity index (χ1v) is 4.08. The third-order valence-corrected chi connectivity index (χ3v) is 2.14. The van der Waals surface area contributed by atoms with Gasteiger partial charge >= 0.3 is 5.69 Å². The molecule has 0 radical (unpaired) electrons. The van der Waals surface area contributed by atoms with Crippen molar-refractivity contribution in [2.24, 2.45) is 12.2 Å². The van der Waals surface area contributed by atoms with E-state index in [4.69, 9.17) is 5.21 Å². The predicted octanol–water partition coefficient (Wildman–Crippen LogP) is 0.675. The van der Waals surface area contributed by atoms with Crippen molar-refractivity contribution in [3.05, 3.63) is 34.2 Å². The summed E-state index contributed by atoms with van der Waals surface area (Å²) in [5.74, 6) is 0. The quantitative estimate of drug-likeness (QED) is 0.395. The van der Waals surface area contributed by atoms with Crippen LogP contribution in [-0.4, -0.2) is 21.0 Å². The molecular weight excluding hydrogens is 182 g/mol. The zero-order valence-corrected chi connectivity index (χ0v) is 7.56. The minimum Gasteiger partial charge on any atom is -0.411 e. The lowest BCUT2D eigenvalue weighted by Crippen LogP contribution is -2.11. The van der Waals surface area contributed by atoms with Gasteiger partial charge in [0, 0.05) is 7.05 Å². The van der Waals surface area contributed by atoms with Gasteiger partial charge in [-0.2, -0.15) is 0 Å². The molecule has 0 spiro atoms. The monoisotopic (exact) mass is 191 g/mol. The van der Waals surface area contributed by atoms with Crippen LogP contribution in [0.15, 0.2) is 28.1 Å². The van der Waals surface area contributed by atoms with E-state index in [1.807, 2.05) is 0 Å². The Morgan fingerprint density at radius 2 is 2.36 bits per heavy atom. The number of H-pyrrole nitrogens is 1. The van der Waals surface area contributed by atoms with E-state index in [2.05, 4.69) is 10.1 Å². The van der Waals surface area contributed by atoms with Crippen LogP contribution >= 0.6 is 0 Å². The first-order valence-electron chi connectivity index (χ1n) is 4.08. The summed E-state index contributed by atoms with van der Waals surface area (Å²) in [4.78, 5) is 13.9. The lowest BCUT2D eigenvalue weighted by Gasteiger charge is -1.94. The highest BCUT2D eigenvalue weighted by molar-refractivity contribution is 5.86. The zero-order valence-electron chi connectivity index (χ0n) is 7.56. The summed E-state index contributed by atoms with van der Waals surface area (Å²) in [7, 11) is 1.70. The van der Waals surface area contributed by atoms with Gasteiger partial charge in [-0.1, -0.05) is 11.2 Å². The van der Waals surface area contributed by atoms with Crippen molar-refractivity contribution < 1.29 is 5.21 Å². The van der Waals surface area contributed by atoms with Crippen LogP contribution in [0.25, 0.3) is 11.0 Å². The molecular formula is C9H9N3O2. The molecule has 2 N–H and O–H groups in total. The van der Waals surface area contributed by atoms with E-state index >= 15 is 0 Å². The van der Waals surface area contributed by atoms with Crippen LogP contribution in [0.3, 0.4) is 0 Å². The number of oxime groups is 1. The van der Waals surface area contributed by atoms with Gasteiger partial charge in [-0.15, -0.1) is 0 Å². The molecule has 5 heteroatoms. The number of benzene rings is 1. The summed E-state index contributed by atoms with van der Waals surface area (Å²) >= 11 is 0. The highest BCUT2D eigenvalue weighted by Gasteiger charge is 2.02. The molecule has 0 bridgehead atoms. The van der Waals surface area contributed by atoms with E-state index in [0.717, 1.165) is 16.6 Å². The van der Waals surface area contributed by atoms with Crippen LogP contribution in [0.5, 0.6) is 0 Å². The van der Waals surface area contributed by atoms with E-state index in [9.17, 15) is 4.79 Å². The lowest BCUT2D eigenvalue weighted by molar-refractivity contribution is 0.322. The lowest BCUT2D eigenvalue weighted by atomic mass is 10.2. The third-order valence-electron chi connectivity index (χ3n) is 2.14. The van der Waals surface area contributed by atoms with E-state index < -0.39 is 0 Å². The first-order chi connectivity index (χ1) is 6.72. The van der Waals surface area contributed by atoms with Gasteiger partial charge in [-0.05, 0) is 17.7 Å². The van der Waals surface area contributed by atoms with Gasteiger partial charge in [-0.25, -0.2) is 4.79 Å². The van der Waals surface area contributed by atoms with Crippen LogP contribution in [0.1, 0.15) is 5.56 Å². The Balaban J connectivity index is 2.73. The SMILES string of the molecule is Cn1c(=O)[nH]c2cc(C=NO)ccc21. The standard InChI is InChI=1S/C9H9N3O2/c1-12-8-3-2-6(5-10-14)4-7(8)11-9(12)13/h2-5,14H,1H3,(H,11,13). The molecule has 0 aliphatic rings. The van der Waals surface area contributed by atoms with Crippen molar-refractivity contribution in [3.63, 3.8) is 0 Å². The molecule has 2 rings (SSSR count). The fraction of sp³-hybridized carbons (Fsp3) is 0.111. The molecule has 5 nitrogen and oxygen atoms in total. The van der Waals surface area contributed by atoms with Crippen LogP contribution < -0.4 is 5.69 Å². The molecule has 72 valence electrons. The number of nitrogens with zero attached hydrogens (tertiary/aromatic N) is 2. The fourth-order valence-electron chi connectivity index (χ4n) is 1.40. The molecule has 0 saturated heterocycles. The molecule has 1 aromatic heterocycles. The average Bonchev–Trinajstić information content (AvgIpc) is 2.43. The summed E-state index contributed by atoms with van der Waals surface area (Å²) in [6.45, 7) is 0. The van der Waals surface area contributed by atoms with Crippen LogP contribution in [0.2, 0.25) is 0 Å². The Morgan fingerprint density at radius 3 is 3.07 bits per heavy atom. The zero-order chi connectivity index (χ0) is 10.1. The maximum Gasteiger partial charge on any atom is 0.326 e. The van der Waals surface area contributed by atoms with Crippen molar-refractivity contribution in [1.82, 2.24) is 9.55 Å². The largest absolute Gasteiger partial charge is 0.411 e.